The summed E-state index contributed by atoms with van der Waals surface area (Å²) in [6, 6.07) is 18.4. The Bertz CT molecular complexity index is 865. The van der Waals surface area contributed by atoms with Gasteiger partial charge in [-0.1, -0.05) is 42.5 Å². The van der Waals surface area contributed by atoms with Gasteiger partial charge in [-0.15, -0.1) is 0 Å². The molecular weight excluding hydrogens is 363 g/mol. The third-order valence-electron chi connectivity index (χ3n) is 6.99. The van der Waals surface area contributed by atoms with Crippen LogP contribution in [0.25, 0.3) is 0 Å². The van der Waals surface area contributed by atoms with Crippen LogP contribution in [-0.2, 0) is 19.5 Å². The Morgan fingerprint density at radius 1 is 0.897 bits per heavy atom. The van der Waals surface area contributed by atoms with Crippen molar-refractivity contribution in [3.8, 4) is 5.75 Å². The maximum absolute atomic E-state index is 12.3. The second-order valence-corrected chi connectivity index (χ2v) is 9.29. The number of hydrogen-bond donors (Lipinski definition) is 0. The number of ketones is 1. The van der Waals surface area contributed by atoms with Crippen LogP contribution in [0.4, 0.5) is 0 Å². The Balaban J connectivity index is 1.83. The van der Waals surface area contributed by atoms with E-state index in [2.05, 4.69) is 52.0 Å². The summed E-state index contributed by atoms with van der Waals surface area (Å²) in [5.74, 6) is 0.985. The standard InChI is InChI=1S/C24H29BO4/c1-22(2)23(3,4)29-25(28-22)21(17-11-13-20(27-5)14-12-17)24(15-19(26)16-24)18-9-7-6-8-10-18/h6-14,21H,15-16H2,1-5H3. The number of carbonyl (C=O) groups excluding carboxylic acids is 1. The molecule has 2 aromatic rings. The number of ether oxygens (including phenoxy) is 1. The number of hydrogen-bond acceptors (Lipinski definition) is 4. The summed E-state index contributed by atoms with van der Waals surface area (Å²) in [4.78, 5) is 12.3. The monoisotopic (exact) mass is 392 g/mol. The molecule has 0 amide bonds. The van der Waals surface area contributed by atoms with Crippen molar-refractivity contribution in [2.45, 2.75) is 63.0 Å². The first-order valence-corrected chi connectivity index (χ1v) is 10.3. The molecule has 4 rings (SSSR count). The third kappa shape index (κ3) is 3.30. The molecule has 5 heteroatoms. The van der Waals surface area contributed by atoms with Crippen LogP contribution in [0, 0.1) is 0 Å². The zero-order valence-electron chi connectivity index (χ0n) is 17.9. The molecule has 152 valence electrons. The molecule has 1 atom stereocenters. The molecule has 0 spiro atoms. The summed E-state index contributed by atoms with van der Waals surface area (Å²) in [6.07, 6.45) is 0.996. The van der Waals surface area contributed by atoms with E-state index in [0.29, 0.717) is 12.8 Å². The first-order valence-electron chi connectivity index (χ1n) is 10.3. The topological polar surface area (TPSA) is 44.8 Å². The van der Waals surface area contributed by atoms with Crippen LogP contribution in [0.2, 0.25) is 0 Å². The van der Waals surface area contributed by atoms with Gasteiger partial charge < -0.3 is 14.0 Å². The predicted octanol–water partition coefficient (Wildman–Crippen LogP) is 4.71. The Hall–Kier alpha value is -2.11. The number of Topliss-reactive ketones (excluding diaryl/α,β-unsaturated/α-hetero) is 1. The van der Waals surface area contributed by atoms with Gasteiger partial charge in [-0.25, -0.2) is 0 Å². The van der Waals surface area contributed by atoms with Crippen LogP contribution < -0.4 is 4.74 Å². The van der Waals surface area contributed by atoms with E-state index < -0.39 is 18.3 Å². The maximum Gasteiger partial charge on any atom is 0.466 e. The number of carbonyl (C=O) groups is 1. The van der Waals surface area contributed by atoms with Gasteiger partial charge >= 0.3 is 7.12 Å². The maximum atomic E-state index is 12.3. The van der Waals surface area contributed by atoms with Crippen molar-refractivity contribution >= 4 is 12.9 Å². The van der Waals surface area contributed by atoms with Crippen LogP contribution >= 0.6 is 0 Å². The molecule has 1 unspecified atom stereocenters. The minimum absolute atomic E-state index is 0.102. The fourth-order valence-electron chi connectivity index (χ4n) is 4.60. The number of benzene rings is 2. The van der Waals surface area contributed by atoms with E-state index in [9.17, 15) is 4.79 Å². The lowest BCUT2D eigenvalue weighted by Crippen LogP contribution is -2.52. The molecule has 0 N–H and O–H groups in total. The summed E-state index contributed by atoms with van der Waals surface area (Å²) >= 11 is 0. The predicted molar refractivity (Wildman–Crippen MR) is 114 cm³/mol. The highest BCUT2D eigenvalue weighted by Gasteiger charge is 2.62. The summed E-state index contributed by atoms with van der Waals surface area (Å²) in [7, 11) is 1.22. The van der Waals surface area contributed by atoms with E-state index in [1.54, 1.807) is 7.11 Å². The number of rotatable bonds is 5. The Morgan fingerprint density at radius 2 is 1.45 bits per heavy atom. The summed E-state index contributed by atoms with van der Waals surface area (Å²) in [5, 5.41) is 0. The Morgan fingerprint density at radius 3 is 1.93 bits per heavy atom. The van der Waals surface area contributed by atoms with Crippen molar-refractivity contribution in [2.75, 3.05) is 7.11 Å². The minimum atomic E-state index is -0.443. The van der Waals surface area contributed by atoms with E-state index in [1.165, 1.54) is 0 Å². The Labute approximate surface area is 173 Å². The fraction of sp³-hybridized carbons (Fsp3) is 0.458. The molecule has 1 saturated carbocycles. The number of methoxy groups -OCH3 is 1. The lowest BCUT2D eigenvalue weighted by atomic mass is 9.45. The Kier molecular flexibility index (Phi) is 4.87. The first kappa shape index (κ1) is 20.2. The lowest BCUT2D eigenvalue weighted by molar-refractivity contribution is -0.128. The summed E-state index contributed by atoms with van der Waals surface area (Å²) in [5.41, 5.74) is 1.05. The largest absolute Gasteiger partial charge is 0.497 e. The van der Waals surface area contributed by atoms with Crippen molar-refractivity contribution in [1.82, 2.24) is 0 Å². The zero-order chi connectivity index (χ0) is 20.9. The molecule has 0 radical (unpaired) electrons. The smallest absolute Gasteiger partial charge is 0.466 e. The SMILES string of the molecule is COc1ccc(C(B2OC(C)(C)C(C)(C)O2)C2(c3ccccc3)CC(=O)C2)cc1. The molecule has 0 aromatic heterocycles. The molecule has 4 nitrogen and oxygen atoms in total. The van der Waals surface area contributed by atoms with Gasteiger partial charge in [0.1, 0.15) is 11.5 Å². The molecule has 29 heavy (non-hydrogen) atoms. The minimum Gasteiger partial charge on any atom is -0.497 e. The van der Waals surface area contributed by atoms with Gasteiger partial charge in [0.05, 0.1) is 18.3 Å². The van der Waals surface area contributed by atoms with E-state index in [0.717, 1.165) is 16.9 Å². The van der Waals surface area contributed by atoms with Crippen molar-refractivity contribution in [1.29, 1.82) is 0 Å². The van der Waals surface area contributed by atoms with E-state index in [-0.39, 0.29) is 17.0 Å². The van der Waals surface area contributed by atoms with Crippen LogP contribution in [0.1, 0.15) is 57.5 Å². The zero-order valence-corrected chi connectivity index (χ0v) is 17.9. The fourth-order valence-corrected chi connectivity index (χ4v) is 4.60. The molecule has 1 saturated heterocycles. The normalized spacial score (nSPS) is 22.8. The third-order valence-corrected chi connectivity index (χ3v) is 6.99. The lowest BCUT2D eigenvalue weighted by Gasteiger charge is -2.48. The van der Waals surface area contributed by atoms with Crippen LogP contribution in [0.3, 0.4) is 0 Å². The van der Waals surface area contributed by atoms with Crippen LogP contribution in [0.15, 0.2) is 54.6 Å². The van der Waals surface area contributed by atoms with Crippen molar-refractivity contribution in [3.63, 3.8) is 0 Å². The average molecular weight is 392 g/mol. The molecule has 0 bridgehead atoms. The highest BCUT2D eigenvalue weighted by molar-refractivity contribution is 6.48. The van der Waals surface area contributed by atoms with Gasteiger partial charge in [0.15, 0.2) is 0 Å². The highest BCUT2D eigenvalue weighted by atomic mass is 16.7. The van der Waals surface area contributed by atoms with Crippen LogP contribution in [-0.4, -0.2) is 31.2 Å². The molecule has 2 fully saturated rings. The first-order chi connectivity index (χ1) is 13.7. The van der Waals surface area contributed by atoms with E-state index in [4.69, 9.17) is 14.0 Å². The molecule has 2 aromatic carbocycles. The average Bonchev–Trinajstić information content (AvgIpc) is 2.88. The molecule has 1 heterocycles. The van der Waals surface area contributed by atoms with Crippen molar-refractivity contribution in [2.24, 2.45) is 0 Å². The summed E-state index contributed by atoms with van der Waals surface area (Å²) in [6.45, 7) is 8.27. The van der Waals surface area contributed by atoms with Gasteiger partial charge in [0.2, 0.25) is 0 Å². The quantitative estimate of drug-likeness (QED) is 0.692. The molecule has 2 aliphatic rings. The molecule has 1 aliphatic carbocycles. The molecule has 1 aliphatic heterocycles. The van der Waals surface area contributed by atoms with Crippen molar-refractivity contribution in [3.05, 3.63) is 65.7 Å². The molecular formula is C24H29BO4. The van der Waals surface area contributed by atoms with E-state index in [1.807, 2.05) is 30.3 Å². The van der Waals surface area contributed by atoms with Gasteiger partial charge in [0, 0.05) is 24.1 Å². The van der Waals surface area contributed by atoms with Crippen LogP contribution in [0.5, 0.6) is 5.75 Å². The van der Waals surface area contributed by atoms with Gasteiger partial charge in [-0.05, 0) is 51.0 Å². The van der Waals surface area contributed by atoms with Gasteiger partial charge in [-0.3, -0.25) is 4.79 Å². The van der Waals surface area contributed by atoms with Gasteiger partial charge in [0.25, 0.3) is 0 Å². The van der Waals surface area contributed by atoms with E-state index >= 15 is 0 Å². The second-order valence-electron chi connectivity index (χ2n) is 9.29. The summed E-state index contributed by atoms with van der Waals surface area (Å²) < 4.78 is 18.4. The van der Waals surface area contributed by atoms with Crippen molar-refractivity contribution < 1.29 is 18.8 Å². The second kappa shape index (κ2) is 7.00. The van der Waals surface area contributed by atoms with Gasteiger partial charge in [-0.2, -0.15) is 0 Å². The highest BCUT2D eigenvalue weighted by Crippen LogP contribution is 2.55.